The maximum atomic E-state index is 13.1. The number of thiazole rings is 1. The first kappa shape index (κ1) is 12.9. The molecule has 0 unspecified atom stereocenters. The predicted octanol–water partition coefficient (Wildman–Crippen LogP) is 3.79. The van der Waals surface area contributed by atoms with Gasteiger partial charge in [0, 0.05) is 6.42 Å². The summed E-state index contributed by atoms with van der Waals surface area (Å²) in [6, 6.07) is 14.0. The normalized spacial score (nSPS) is 10.8. The van der Waals surface area contributed by atoms with Gasteiger partial charge in [-0.1, -0.05) is 24.3 Å². The summed E-state index contributed by atoms with van der Waals surface area (Å²) in [7, 11) is 0. The molecule has 2 nitrogen and oxygen atoms in total. The number of hydrogen-bond acceptors (Lipinski definition) is 3. The van der Waals surface area contributed by atoms with Crippen LogP contribution in [0.1, 0.15) is 10.6 Å². The number of hydrogen-bond donors (Lipinski definition) is 0. The number of Topliss-reactive ketones (excluding diaryl/α,β-unsaturated/α-hetero) is 1. The van der Waals surface area contributed by atoms with Gasteiger partial charge in [-0.3, -0.25) is 4.79 Å². The van der Waals surface area contributed by atoms with Gasteiger partial charge in [-0.05, 0) is 29.8 Å². The number of carbonyl (C=O) groups excluding carboxylic acids is 1. The van der Waals surface area contributed by atoms with Gasteiger partial charge in [0.1, 0.15) is 16.6 Å². The van der Waals surface area contributed by atoms with Crippen LogP contribution in [-0.4, -0.2) is 10.8 Å². The summed E-state index contributed by atoms with van der Waals surface area (Å²) in [6.07, 6.45) is 0.545. The third-order valence-electron chi connectivity index (χ3n) is 2.98. The topological polar surface area (TPSA) is 30.0 Å². The van der Waals surface area contributed by atoms with Gasteiger partial charge < -0.3 is 0 Å². The SMILES string of the molecule is O=C(Cc1cccc(F)c1)Cc1nc2ccccc2s1. The Morgan fingerprint density at radius 1 is 1.10 bits per heavy atom. The van der Waals surface area contributed by atoms with Crippen LogP contribution in [0.25, 0.3) is 10.2 Å². The van der Waals surface area contributed by atoms with Crippen LogP contribution in [0.3, 0.4) is 0 Å². The van der Waals surface area contributed by atoms with Gasteiger partial charge in [0.25, 0.3) is 0 Å². The number of carbonyl (C=O) groups is 1. The fraction of sp³-hybridized carbons (Fsp3) is 0.125. The van der Waals surface area contributed by atoms with E-state index in [-0.39, 0.29) is 18.0 Å². The van der Waals surface area contributed by atoms with E-state index in [2.05, 4.69) is 4.98 Å². The second kappa shape index (κ2) is 5.51. The Hall–Kier alpha value is -2.07. The molecule has 100 valence electrons. The molecule has 4 heteroatoms. The van der Waals surface area contributed by atoms with Crippen molar-refractivity contribution in [1.82, 2.24) is 4.98 Å². The van der Waals surface area contributed by atoms with Gasteiger partial charge >= 0.3 is 0 Å². The van der Waals surface area contributed by atoms with Crippen molar-refractivity contribution >= 4 is 27.3 Å². The average molecular weight is 285 g/mol. The number of para-hydroxylation sites is 1. The van der Waals surface area contributed by atoms with Gasteiger partial charge in [-0.25, -0.2) is 9.37 Å². The Bertz CT molecular complexity index is 733. The summed E-state index contributed by atoms with van der Waals surface area (Å²) >= 11 is 1.53. The summed E-state index contributed by atoms with van der Waals surface area (Å²) in [5, 5.41) is 0.813. The van der Waals surface area contributed by atoms with Gasteiger partial charge in [0.15, 0.2) is 0 Å². The molecule has 3 rings (SSSR count). The van der Waals surface area contributed by atoms with Gasteiger partial charge in [-0.15, -0.1) is 11.3 Å². The molecule has 20 heavy (non-hydrogen) atoms. The first-order valence-corrected chi connectivity index (χ1v) is 7.13. The summed E-state index contributed by atoms with van der Waals surface area (Å²) in [5.41, 5.74) is 1.63. The van der Waals surface area contributed by atoms with E-state index in [4.69, 9.17) is 0 Å². The zero-order valence-electron chi connectivity index (χ0n) is 10.7. The molecular formula is C16H12FNOS. The zero-order valence-corrected chi connectivity index (χ0v) is 11.5. The van der Waals surface area contributed by atoms with E-state index < -0.39 is 0 Å². The van der Waals surface area contributed by atoms with E-state index >= 15 is 0 Å². The number of fused-ring (bicyclic) bond motifs is 1. The highest BCUT2D eigenvalue weighted by Gasteiger charge is 2.10. The molecule has 0 aliphatic rings. The Labute approximate surface area is 119 Å². The minimum atomic E-state index is -0.310. The van der Waals surface area contributed by atoms with Gasteiger partial charge in [0.2, 0.25) is 0 Å². The fourth-order valence-corrected chi connectivity index (χ4v) is 3.10. The van der Waals surface area contributed by atoms with Crippen molar-refractivity contribution in [3.63, 3.8) is 0 Å². The van der Waals surface area contributed by atoms with Crippen LogP contribution in [0.5, 0.6) is 0 Å². The molecule has 0 atom stereocenters. The summed E-state index contributed by atoms with van der Waals surface area (Å²) < 4.78 is 14.1. The first-order chi connectivity index (χ1) is 9.70. The second-order valence-corrected chi connectivity index (χ2v) is 5.71. The van der Waals surface area contributed by atoms with E-state index in [0.29, 0.717) is 12.0 Å². The van der Waals surface area contributed by atoms with Crippen LogP contribution in [0, 0.1) is 5.82 Å². The highest BCUT2D eigenvalue weighted by molar-refractivity contribution is 7.18. The van der Waals surface area contributed by atoms with Crippen LogP contribution >= 0.6 is 11.3 Å². The average Bonchev–Trinajstić information content (AvgIpc) is 2.80. The molecule has 0 bridgehead atoms. The van der Waals surface area contributed by atoms with Crippen LogP contribution in [-0.2, 0) is 17.6 Å². The number of ketones is 1. The van der Waals surface area contributed by atoms with E-state index in [9.17, 15) is 9.18 Å². The molecule has 0 N–H and O–H groups in total. The Morgan fingerprint density at radius 2 is 1.95 bits per heavy atom. The zero-order chi connectivity index (χ0) is 13.9. The molecule has 0 saturated heterocycles. The number of aromatic nitrogens is 1. The highest BCUT2D eigenvalue weighted by atomic mass is 32.1. The van der Waals surface area contributed by atoms with Crippen molar-refractivity contribution in [1.29, 1.82) is 0 Å². The van der Waals surface area contributed by atoms with Gasteiger partial charge in [-0.2, -0.15) is 0 Å². The van der Waals surface area contributed by atoms with E-state index in [1.54, 1.807) is 12.1 Å². The molecule has 1 aromatic heterocycles. The molecule has 0 spiro atoms. The molecule has 0 radical (unpaired) electrons. The molecule has 2 aromatic carbocycles. The summed E-state index contributed by atoms with van der Waals surface area (Å²) in [5.74, 6) is -0.259. The smallest absolute Gasteiger partial charge is 0.144 e. The van der Waals surface area contributed by atoms with E-state index in [0.717, 1.165) is 15.2 Å². The number of benzene rings is 2. The summed E-state index contributed by atoms with van der Waals surface area (Å²) in [6.45, 7) is 0. The number of rotatable bonds is 4. The lowest BCUT2D eigenvalue weighted by molar-refractivity contribution is -0.117. The van der Waals surface area contributed by atoms with Crippen molar-refractivity contribution in [2.45, 2.75) is 12.8 Å². The van der Waals surface area contributed by atoms with Crippen LogP contribution in [0.4, 0.5) is 4.39 Å². The Balaban J connectivity index is 1.72. The Kier molecular flexibility index (Phi) is 3.56. The summed E-state index contributed by atoms with van der Waals surface area (Å²) in [4.78, 5) is 16.4. The van der Waals surface area contributed by atoms with Crippen LogP contribution in [0.15, 0.2) is 48.5 Å². The maximum absolute atomic E-state index is 13.1. The highest BCUT2D eigenvalue weighted by Crippen LogP contribution is 2.22. The molecule has 0 fully saturated rings. The van der Waals surface area contributed by atoms with E-state index in [1.165, 1.54) is 23.5 Å². The molecular weight excluding hydrogens is 273 g/mol. The van der Waals surface area contributed by atoms with E-state index in [1.807, 2.05) is 24.3 Å². The lowest BCUT2D eigenvalue weighted by atomic mass is 10.1. The van der Waals surface area contributed by atoms with Crippen LogP contribution < -0.4 is 0 Å². The number of nitrogens with zero attached hydrogens (tertiary/aromatic N) is 1. The quantitative estimate of drug-likeness (QED) is 0.730. The third kappa shape index (κ3) is 2.91. The molecule has 0 aliphatic heterocycles. The molecule has 1 heterocycles. The molecule has 0 aliphatic carbocycles. The first-order valence-electron chi connectivity index (χ1n) is 6.31. The second-order valence-electron chi connectivity index (χ2n) is 4.60. The minimum Gasteiger partial charge on any atom is -0.299 e. The van der Waals surface area contributed by atoms with Crippen LogP contribution in [0.2, 0.25) is 0 Å². The lowest BCUT2D eigenvalue weighted by Crippen LogP contribution is -2.06. The third-order valence-corrected chi connectivity index (χ3v) is 4.01. The predicted molar refractivity (Wildman–Crippen MR) is 78.4 cm³/mol. The monoisotopic (exact) mass is 285 g/mol. The van der Waals surface area contributed by atoms with Gasteiger partial charge in [0.05, 0.1) is 16.6 Å². The molecule has 0 saturated carbocycles. The standard InChI is InChI=1S/C16H12FNOS/c17-12-5-3-4-11(8-12)9-13(19)10-16-18-14-6-1-2-7-15(14)20-16/h1-8H,9-10H2. The largest absolute Gasteiger partial charge is 0.299 e. The van der Waals surface area contributed by atoms with Crippen molar-refractivity contribution in [3.05, 3.63) is 64.9 Å². The number of halogens is 1. The van der Waals surface area contributed by atoms with Crippen molar-refractivity contribution in [2.24, 2.45) is 0 Å². The minimum absolute atomic E-state index is 0.0506. The molecule has 3 aromatic rings. The molecule has 0 amide bonds. The fourth-order valence-electron chi connectivity index (χ4n) is 2.10. The van der Waals surface area contributed by atoms with Crippen molar-refractivity contribution in [2.75, 3.05) is 0 Å². The van der Waals surface area contributed by atoms with Crippen molar-refractivity contribution < 1.29 is 9.18 Å². The maximum Gasteiger partial charge on any atom is 0.144 e. The van der Waals surface area contributed by atoms with Crippen molar-refractivity contribution in [3.8, 4) is 0 Å². The Morgan fingerprint density at radius 3 is 2.75 bits per heavy atom. The lowest BCUT2D eigenvalue weighted by Gasteiger charge is -1.99.